The Balaban J connectivity index is 1.69. The molecule has 102 valence electrons. The SMILES string of the molecule is Clc1ccccc1CSc1nnnn1Cc1ccco1. The van der Waals surface area contributed by atoms with Gasteiger partial charge in [0.1, 0.15) is 12.3 Å². The zero-order valence-electron chi connectivity index (χ0n) is 10.4. The topological polar surface area (TPSA) is 56.7 Å². The summed E-state index contributed by atoms with van der Waals surface area (Å²) in [5, 5.41) is 13.2. The van der Waals surface area contributed by atoms with Crippen LogP contribution in [-0.2, 0) is 12.3 Å². The van der Waals surface area contributed by atoms with E-state index in [1.54, 1.807) is 22.7 Å². The monoisotopic (exact) mass is 306 g/mol. The predicted octanol–water partition coefficient (Wildman–Crippen LogP) is 3.26. The molecule has 5 nitrogen and oxygen atoms in total. The van der Waals surface area contributed by atoms with Gasteiger partial charge in [-0.05, 0) is 34.2 Å². The summed E-state index contributed by atoms with van der Waals surface area (Å²) in [5.41, 5.74) is 1.06. The minimum absolute atomic E-state index is 0.519. The molecule has 2 heterocycles. The maximum Gasteiger partial charge on any atom is 0.210 e. The Labute approximate surface area is 124 Å². The minimum Gasteiger partial charge on any atom is -0.467 e. The smallest absolute Gasteiger partial charge is 0.210 e. The molecule has 0 spiro atoms. The molecule has 0 fully saturated rings. The maximum absolute atomic E-state index is 6.13. The van der Waals surface area contributed by atoms with Crippen molar-refractivity contribution in [2.75, 3.05) is 0 Å². The molecule has 1 aromatic carbocycles. The van der Waals surface area contributed by atoms with E-state index >= 15 is 0 Å². The molecule has 0 unspecified atom stereocenters. The van der Waals surface area contributed by atoms with Crippen LogP contribution in [0.1, 0.15) is 11.3 Å². The van der Waals surface area contributed by atoms with E-state index in [4.69, 9.17) is 16.0 Å². The fourth-order valence-corrected chi connectivity index (χ4v) is 2.87. The average Bonchev–Trinajstić information content (AvgIpc) is 3.10. The van der Waals surface area contributed by atoms with Gasteiger partial charge < -0.3 is 4.42 Å². The Kier molecular flexibility index (Phi) is 4.03. The van der Waals surface area contributed by atoms with Crippen LogP contribution in [0.25, 0.3) is 0 Å². The number of furan rings is 1. The van der Waals surface area contributed by atoms with Crippen LogP contribution in [0.2, 0.25) is 5.02 Å². The number of nitrogens with zero attached hydrogens (tertiary/aromatic N) is 4. The summed E-state index contributed by atoms with van der Waals surface area (Å²) in [6.07, 6.45) is 1.64. The molecule has 0 saturated heterocycles. The van der Waals surface area contributed by atoms with E-state index in [0.29, 0.717) is 6.54 Å². The quantitative estimate of drug-likeness (QED) is 0.677. The lowest BCUT2D eigenvalue weighted by atomic mass is 10.2. The third-order valence-corrected chi connectivity index (χ3v) is 4.07. The number of benzene rings is 1. The fraction of sp³-hybridized carbons (Fsp3) is 0.154. The highest BCUT2D eigenvalue weighted by Gasteiger charge is 2.10. The molecule has 0 radical (unpaired) electrons. The summed E-state index contributed by atoms with van der Waals surface area (Å²) in [4.78, 5) is 0. The Morgan fingerprint density at radius 1 is 1.20 bits per heavy atom. The van der Waals surface area contributed by atoms with Gasteiger partial charge in [-0.1, -0.05) is 41.6 Å². The molecule has 0 atom stereocenters. The van der Waals surface area contributed by atoms with Gasteiger partial charge in [0.15, 0.2) is 0 Å². The van der Waals surface area contributed by atoms with Crippen LogP contribution >= 0.6 is 23.4 Å². The number of hydrogen-bond donors (Lipinski definition) is 0. The summed E-state index contributed by atoms with van der Waals surface area (Å²) in [5.74, 6) is 1.54. The first kappa shape index (κ1) is 13.2. The van der Waals surface area contributed by atoms with Crippen molar-refractivity contribution in [2.24, 2.45) is 0 Å². The second-order valence-electron chi connectivity index (χ2n) is 4.08. The number of halogens is 1. The molecule has 20 heavy (non-hydrogen) atoms. The van der Waals surface area contributed by atoms with Crippen LogP contribution in [-0.4, -0.2) is 20.2 Å². The number of rotatable bonds is 5. The van der Waals surface area contributed by atoms with E-state index in [0.717, 1.165) is 27.3 Å². The van der Waals surface area contributed by atoms with E-state index in [1.807, 2.05) is 36.4 Å². The zero-order chi connectivity index (χ0) is 13.8. The first-order valence-corrected chi connectivity index (χ1v) is 7.34. The van der Waals surface area contributed by atoms with Gasteiger partial charge in [0.05, 0.1) is 6.26 Å². The molecule has 7 heteroatoms. The van der Waals surface area contributed by atoms with E-state index in [9.17, 15) is 0 Å². The van der Waals surface area contributed by atoms with Crippen molar-refractivity contribution in [2.45, 2.75) is 17.5 Å². The van der Waals surface area contributed by atoms with Crippen molar-refractivity contribution in [3.8, 4) is 0 Å². The Morgan fingerprint density at radius 3 is 2.90 bits per heavy atom. The lowest BCUT2D eigenvalue weighted by Crippen LogP contribution is -2.03. The molecule has 3 rings (SSSR count). The minimum atomic E-state index is 0.519. The highest BCUT2D eigenvalue weighted by Crippen LogP contribution is 2.25. The third kappa shape index (κ3) is 3.02. The molecule has 0 amide bonds. The van der Waals surface area contributed by atoms with E-state index in [2.05, 4.69) is 15.5 Å². The van der Waals surface area contributed by atoms with Gasteiger partial charge in [-0.25, -0.2) is 4.68 Å². The molecule has 0 aliphatic heterocycles. The average molecular weight is 307 g/mol. The van der Waals surface area contributed by atoms with Crippen molar-refractivity contribution in [1.82, 2.24) is 20.2 Å². The molecule has 3 aromatic rings. The van der Waals surface area contributed by atoms with Gasteiger partial charge >= 0.3 is 0 Å². The van der Waals surface area contributed by atoms with E-state index in [1.165, 1.54) is 0 Å². The van der Waals surface area contributed by atoms with Gasteiger partial charge in [0.2, 0.25) is 5.16 Å². The van der Waals surface area contributed by atoms with E-state index < -0.39 is 0 Å². The standard InChI is InChI=1S/C13H11ClN4OS/c14-12-6-2-1-4-10(12)9-20-13-15-16-17-18(13)8-11-5-3-7-19-11/h1-7H,8-9H2. The summed E-state index contributed by atoms with van der Waals surface area (Å²) in [6, 6.07) is 11.5. The number of tetrazole rings is 1. The number of aromatic nitrogens is 4. The van der Waals surface area contributed by atoms with Crippen LogP contribution in [0.3, 0.4) is 0 Å². The first-order chi connectivity index (χ1) is 9.83. The summed E-state index contributed by atoms with van der Waals surface area (Å²) in [7, 11) is 0. The molecule has 0 bridgehead atoms. The lowest BCUT2D eigenvalue weighted by Gasteiger charge is -2.04. The number of hydrogen-bond acceptors (Lipinski definition) is 5. The Morgan fingerprint density at radius 2 is 2.10 bits per heavy atom. The van der Waals surface area contributed by atoms with Gasteiger partial charge in [0.25, 0.3) is 0 Å². The van der Waals surface area contributed by atoms with Gasteiger partial charge in [-0.3, -0.25) is 0 Å². The van der Waals surface area contributed by atoms with Gasteiger partial charge in [-0.15, -0.1) is 5.10 Å². The molecule has 0 aliphatic rings. The predicted molar refractivity (Wildman–Crippen MR) is 76.6 cm³/mol. The van der Waals surface area contributed by atoms with Crippen molar-refractivity contribution < 1.29 is 4.42 Å². The Bertz CT molecular complexity index is 683. The maximum atomic E-state index is 6.13. The normalized spacial score (nSPS) is 10.8. The Hall–Kier alpha value is -1.79. The van der Waals surface area contributed by atoms with Crippen molar-refractivity contribution in [3.63, 3.8) is 0 Å². The summed E-state index contributed by atoms with van der Waals surface area (Å²) < 4.78 is 7.01. The molecular formula is C13H11ClN4OS. The lowest BCUT2D eigenvalue weighted by molar-refractivity contribution is 0.462. The summed E-state index contributed by atoms with van der Waals surface area (Å²) in [6.45, 7) is 0.519. The highest BCUT2D eigenvalue weighted by molar-refractivity contribution is 7.98. The van der Waals surface area contributed by atoms with Crippen LogP contribution in [0.15, 0.2) is 52.2 Å². The van der Waals surface area contributed by atoms with Crippen molar-refractivity contribution in [3.05, 3.63) is 59.0 Å². The molecule has 0 N–H and O–H groups in total. The van der Waals surface area contributed by atoms with E-state index in [-0.39, 0.29) is 0 Å². The summed E-state index contributed by atoms with van der Waals surface area (Å²) >= 11 is 7.68. The molecule has 2 aromatic heterocycles. The largest absolute Gasteiger partial charge is 0.467 e. The van der Waals surface area contributed by atoms with Gasteiger partial charge in [0, 0.05) is 10.8 Å². The van der Waals surface area contributed by atoms with Crippen molar-refractivity contribution >= 4 is 23.4 Å². The molecular weight excluding hydrogens is 296 g/mol. The second kappa shape index (κ2) is 6.11. The number of thioether (sulfide) groups is 1. The van der Waals surface area contributed by atoms with Gasteiger partial charge in [-0.2, -0.15) is 0 Å². The second-order valence-corrected chi connectivity index (χ2v) is 5.43. The highest BCUT2D eigenvalue weighted by atomic mass is 35.5. The molecule has 0 saturated carbocycles. The van der Waals surface area contributed by atoms with Crippen molar-refractivity contribution in [1.29, 1.82) is 0 Å². The van der Waals surface area contributed by atoms with Crippen LogP contribution in [0.4, 0.5) is 0 Å². The fourth-order valence-electron chi connectivity index (χ4n) is 1.71. The third-order valence-electron chi connectivity index (χ3n) is 2.70. The molecule has 0 aliphatic carbocycles. The zero-order valence-corrected chi connectivity index (χ0v) is 12.0. The van der Waals surface area contributed by atoms with Crippen LogP contribution in [0.5, 0.6) is 0 Å². The first-order valence-electron chi connectivity index (χ1n) is 5.97. The van der Waals surface area contributed by atoms with Crippen LogP contribution in [0, 0.1) is 0 Å². The van der Waals surface area contributed by atoms with Crippen LogP contribution < -0.4 is 0 Å².